The Morgan fingerprint density at radius 3 is 1.74 bits per heavy atom. The number of benzene rings is 6. The van der Waals surface area contributed by atoms with Gasteiger partial charge in [-0.2, -0.15) is 0 Å². The molecule has 1 atom stereocenters. The van der Waals surface area contributed by atoms with Gasteiger partial charge in [-0.15, -0.1) is 11.3 Å². The van der Waals surface area contributed by atoms with Crippen LogP contribution in [0.3, 0.4) is 0 Å². The Labute approximate surface area is 255 Å². The second kappa shape index (κ2) is 10.5. The summed E-state index contributed by atoms with van der Waals surface area (Å²) in [5, 5.41) is 14.7. The van der Waals surface area contributed by atoms with Crippen LogP contribution in [0.2, 0.25) is 0 Å². The standard InChI is InChI=1S/C40H28N2S/c1-26(41-29-11-3-2-4-12-29)42-30-22-19-27(20-23-30)39-32-14-5-7-16-34(32)40(35-17-8-6-15-33(35)39)28-21-24-38-36(25-28)31-13-9-10-18-37(31)43-38/h2-9,11-17,19-26,41-42H,1H3. The number of para-hydroxylation sites is 1. The van der Waals surface area contributed by atoms with E-state index in [1.807, 2.05) is 24.3 Å². The predicted molar refractivity (Wildman–Crippen MR) is 186 cm³/mol. The number of hydrogen-bond donors (Lipinski definition) is 2. The van der Waals surface area contributed by atoms with Gasteiger partial charge in [0, 0.05) is 26.8 Å². The summed E-state index contributed by atoms with van der Waals surface area (Å²) in [6.45, 7) is 2.13. The second-order valence-corrected chi connectivity index (χ2v) is 12.0. The third-order valence-electron chi connectivity index (χ3n) is 8.18. The van der Waals surface area contributed by atoms with Crippen molar-refractivity contribution in [1.82, 2.24) is 0 Å². The molecular weight excluding hydrogens is 541 g/mol. The lowest BCUT2D eigenvalue weighted by atomic mass is 9.86. The molecule has 0 saturated carbocycles. The molecule has 0 radical (unpaired) electrons. The summed E-state index contributed by atoms with van der Waals surface area (Å²) in [4.78, 5) is 0. The fraction of sp³-hybridized carbons (Fsp3) is 0.0500. The van der Waals surface area contributed by atoms with E-state index in [1.54, 1.807) is 11.3 Å². The van der Waals surface area contributed by atoms with E-state index in [9.17, 15) is 0 Å². The first-order valence-corrected chi connectivity index (χ1v) is 15.4. The van der Waals surface area contributed by atoms with Gasteiger partial charge in [0.1, 0.15) is 0 Å². The van der Waals surface area contributed by atoms with Crippen molar-refractivity contribution in [3.63, 3.8) is 0 Å². The zero-order chi connectivity index (χ0) is 28.8. The normalized spacial score (nSPS) is 12.0. The number of anilines is 2. The van der Waals surface area contributed by atoms with Crippen molar-refractivity contribution in [2.45, 2.75) is 13.1 Å². The molecule has 2 nitrogen and oxygen atoms in total. The van der Waals surface area contributed by atoms with Crippen molar-refractivity contribution < 1.29 is 0 Å². The van der Waals surface area contributed by atoms with Crippen LogP contribution in [0.15, 0.2) is 133 Å². The summed E-state index contributed by atoms with van der Waals surface area (Å²) in [6, 6.07) is 54.2. The monoisotopic (exact) mass is 568 g/mol. The molecule has 3 heteroatoms. The molecule has 7 aromatic carbocycles. The van der Waals surface area contributed by atoms with Crippen molar-refractivity contribution in [2.24, 2.45) is 0 Å². The van der Waals surface area contributed by atoms with Gasteiger partial charge in [0.05, 0.1) is 10.9 Å². The van der Waals surface area contributed by atoms with Gasteiger partial charge in [-0.25, -0.2) is 0 Å². The van der Waals surface area contributed by atoms with Crippen molar-refractivity contribution in [2.75, 3.05) is 10.6 Å². The lowest BCUT2D eigenvalue weighted by Crippen LogP contribution is -2.24. The van der Waals surface area contributed by atoms with Gasteiger partial charge in [-0.05, 0) is 99.3 Å². The van der Waals surface area contributed by atoms with E-state index in [0.29, 0.717) is 0 Å². The molecule has 8 aromatic rings. The average molecular weight is 569 g/mol. The molecule has 204 valence electrons. The zero-order valence-corrected chi connectivity index (χ0v) is 24.5. The van der Waals surface area contributed by atoms with Gasteiger partial charge in [-0.1, -0.05) is 97.1 Å². The minimum atomic E-state index is 0.0860. The number of fused-ring (bicyclic) bond motifs is 5. The highest BCUT2D eigenvalue weighted by molar-refractivity contribution is 7.25. The highest BCUT2D eigenvalue weighted by Crippen LogP contribution is 2.45. The third-order valence-corrected chi connectivity index (χ3v) is 9.28. The topological polar surface area (TPSA) is 24.1 Å². The first-order valence-electron chi connectivity index (χ1n) is 14.6. The summed E-state index contributed by atoms with van der Waals surface area (Å²) in [5.41, 5.74) is 7.17. The van der Waals surface area contributed by atoms with Crippen molar-refractivity contribution >= 4 is 64.4 Å². The van der Waals surface area contributed by atoms with Gasteiger partial charge >= 0.3 is 0 Å². The molecule has 0 bridgehead atoms. The molecule has 1 aromatic heterocycles. The van der Waals surface area contributed by atoms with Crippen LogP contribution < -0.4 is 10.6 Å². The summed E-state index contributed by atoms with van der Waals surface area (Å²) in [6.07, 6.45) is 0.0860. The van der Waals surface area contributed by atoms with E-state index < -0.39 is 0 Å². The minimum Gasteiger partial charge on any atom is -0.366 e. The molecule has 0 aliphatic rings. The van der Waals surface area contributed by atoms with Crippen molar-refractivity contribution in [1.29, 1.82) is 0 Å². The molecule has 0 saturated heterocycles. The van der Waals surface area contributed by atoms with Crippen LogP contribution in [0.1, 0.15) is 6.92 Å². The van der Waals surface area contributed by atoms with Crippen LogP contribution in [0.4, 0.5) is 11.4 Å². The first-order chi connectivity index (χ1) is 21.2. The first kappa shape index (κ1) is 25.4. The molecule has 0 aliphatic carbocycles. The Morgan fingerprint density at radius 2 is 1.09 bits per heavy atom. The van der Waals surface area contributed by atoms with Gasteiger partial charge in [-0.3, -0.25) is 0 Å². The average Bonchev–Trinajstić information content (AvgIpc) is 3.42. The third kappa shape index (κ3) is 4.54. The second-order valence-electron chi connectivity index (χ2n) is 11.0. The van der Waals surface area contributed by atoms with Gasteiger partial charge in [0.25, 0.3) is 0 Å². The van der Waals surface area contributed by atoms with Crippen LogP contribution in [0, 0.1) is 12.1 Å². The fourth-order valence-electron chi connectivity index (χ4n) is 6.32. The van der Waals surface area contributed by atoms with Gasteiger partial charge in [0.2, 0.25) is 0 Å². The van der Waals surface area contributed by atoms with E-state index in [0.717, 1.165) is 16.1 Å². The molecule has 0 amide bonds. The summed E-state index contributed by atoms with van der Waals surface area (Å²) in [7, 11) is 0. The predicted octanol–water partition coefficient (Wildman–Crippen LogP) is 11.2. The SMILES string of the molecule is CC(Nc1ccccc1)Nc1ccc(-c2c3ccccc3c(-c3ccc4sc5c#cccc5c4c3)c3ccccc23)cc1. The quantitative estimate of drug-likeness (QED) is 0.154. The zero-order valence-electron chi connectivity index (χ0n) is 23.7. The maximum absolute atomic E-state index is 3.58. The largest absolute Gasteiger partial charge is 0.366 e. The highest BCUT2D eigenvalue weighted by Gasteiger charge is 2.17. The maximum Gasteiger partial charge on any atom is 0.0934 e. The number of hydrogen-bond acceptors (Lipinski definition) is 3. The van der Waals surface area contributed by atoms with Crippen LogP contribution in [-0.4, -0.2) is 6.17 Å². The van der Waals surface area contributed by atoms with Gasteiger partial charge < -0.3 is 10.6 Å². The van der Waals surface area contributed by atoms with Crippen molar-refractivity contribution in [3.05, 3.63) is 146 Å². The lowest BCUT2D eigenvalue weighted by molar-refractivity contribution is 0.916. The summed E-state index contributed by atoms with van der Waals surface area (Å²) < 4.78 is 2.43. The Bertz CT molecular complexity index is 2190. The van der Waals surface area contributed by atoms with Crippen LogP contribution in [0.25, 0.3) is 64.0 Å². The van der Waals surface area contributed by atoms with Crippen LogP contribution >= 0.6 is 11.3 Å². The molecule has 0 aliphatic heterocycles. The van der Waals surface area contributed by atoms with Gasteiger partial charge in [0.15, 0.2) is 0 Å². The fourth-order valence-corrected chi connectivity index (χ4v) is 7.35. The molecule has 2 N–H and O–H groups in total. The molecule has 0 spiro atoms. The Morgan fingerprint density at radius 1 is 0.535 bits per heavy atom. The number of nitrogens with one attached hydrogen (secondary N) is 2. The number of rotatable bonds is 6. The minimum absolute atomic E-state index is 0.0860. The molecular formula is C40H28N2S. The summed E-state index contributed by atoms with van der Waals surface area (Å²) in [5.74, 6) is 0. The van der Waals surface area contributed by atoms with E-state index >= 15 is 0 Å². The molecule has 1 heterocycles. The smallest absolute Gasteiger partial charge is 0.0934 e. The Kier molecular flexibility index (Phi) is 6.21. The number of thiophene rings is 1. The van der Waals surface area contributed by atoms with Crippen LogP contribution in [0.5, 0.6) is 0 Å². The lowest BCUT2D eigenvalue weighted by Gasteiger charge is -2.20. The molecule has 43 heavy (non-hydrogen) atoms. The summed E-state index contributed by atoms with van der Waals surface area (Å²) >= 11 is 1.78. The maximum atomic E-state index is 3.58. The molecule has 8 rings (SSSR count). The highest BCUT2D eigenvalue weighted by atomic mass is 32.1. The Balaban J connectivity index is 1.24. The van der Waals surface area contributed by atoms with Crippen molar-refractivity contribution in [3.8, 4) is 22.3 Å². The Hall–Kier alpha value is -5.30. The van der Waals surface area contributed by atoms with E-state index in [1.165, 1.54) is 59.3 Å². The van der Waals surface area contributed by atoms with E-state index in [2.05, 4.69) is 139 Å². The van der Waals surface area contributed by atoms with Crippen LogP contribution in [-0.2, 0) is 0 Å². The van der Waals surface area contributed by atoms with E-state index in [-0.39, 0.29) is 6.17 Å². The molecule has 1 unspecified atom stereocenters. The van der Waals surface area contributed by atoms with E-state index in [4.69, 9.17) is 0 Å². The molecule has 0 fully saturated rings.